The van der Waals surface area contributed by atoms with Crippen LogP contribution in [0.4, 0.5) is 5.69 Å². The molecule has 1 aromatic rings. The molecule has 1 fully saturated rings. The van der Waals surface area contributed by atoms with Crippen molar-refractivity contribution in [1.29, 1.82) is 0 Å². The van der Waals surface area contributed by atoms with Crippen LogP contribution in [0.5, 0.6) is 0 Å². The highest BCUT2D eigenvalue weighted by molar-refractivity contribution is 7.90. The van der Waals surface area contributed by atoms with E-state index in [2.05, 4.69) is 10.3 Å². The number of rotatable bonds is 4. The Kier molecular flexibility index (Phi) is 3.60. The third-order valence-corrected chi connectivity index (χ3v) is 4.26. The van der Waals surface area contributed by atoms with Crippen LogP contribution < -0.4 is 11.1 Å². The van der Waals surface area contributed by atoms with Crippen LogP contribution in [0.15, 0.2) is 23.4 Å². The second-order valence-electron chi connectivity index (χ2n) is 5.10. The molecule has 3 N–H and O–H groups in total. The van der Waals surface area contributed by atoms with Crippen LogP contribution in [0.2, 0.25) is 0 Å². The maximum Gasteiger partial charge on any atom is 0.226 e. The standard InChI is InChI=1S/C12H17N3O3S/c1-19(17,18)11-4-3-9(8-14-11)15-10(16)7-12(13)5-2-6-12/h3-4,8H,2,5-7,13H2,1H3,(H,15,16). The van der Waals surface area contributed by atoms with Gasteiger partial charge in [0.2, 0.25) is 5.91 Å². The third kappa shape index (κ3) is 3.51. The number of sulfone groups is 1. The minimum Gasteiger partial charge on any atom is -0.325 e. The summed E-state index contributed by atoms with van der Waals surface area (Å²) in [6, 6.07) is 2.89. The van der Waals surface area contributed by atoms with Crippen LogP contribution in [0.1, 0.15) is 25.7 Å². The van der Waals surface area contributed by atoms with E-state index in [0.717, 1.165) is 25.5 Å². The first-order valence-electron chi connectivity index (χ1n) is 6.03. The lowest BCUT2D eigenvalue weighted by Crippen LogP contribution is -2.48. The molecule has 0 bridgehead atoms. The molecule has 1 amide bonds. The first kappa shape index (κ1) is 14.0. The molecule has 7 heteroatoms. The van der Waals surface area contributed by atoms with Gasteiger partial charge in [-0.15, -0.1) is 0 Å². The van der Waals surface area contributed by atoms with Crippen LogP contribution in [0.3, 0.4) is 0 Å². The number of aromatic nitrogens is 1. The van der Waals surface area contributed by atoms with Gasteiger partial charge in [0.1, 0.15) is 0 Å². The summed E-state index contributed by atoms with van der Waals surface area (Å²) in [6.45, 7) is 0. The van der Waals surface area contributed by atoms with Gasteiger partial charge < -0.3 is 11.1 Å². The van der Waals surface area contributed by atoms with E-state index in [1.807, 2.05) is 0 Å². The second kappa shape index (κ2) is 4.90. The smallest absolute Gasteiger partial charge is 0.226 e. The molecule has 1 saturated carbocycles. The van der Waals surface area contributed by atoms with Crippen molar-refractivity contribution in [3.05, 3.63) is 18.3 Å². The summed E-state index contributed by atoms with van der Waals surface area (Å²) in [5.41, 5.74) is 6.08. The van der Waals surface area contributed by atoms with Gasteiger partial charge in [-0.1, -0.05) is 0 Å². The lowest BCUT2D eigenvalue weighted by atomic mass is 9.75. The summed E-state index contributed by atoms with van der Waals surface area (Å²) in [7, 11) is -3.32. The van der Waals surface area contributed by atoms with Crippen molar-refractivity contribution in [3.63, 3.8) is 0 Å². The van der Waals surface area contributed by atoms with Gasteiger partial charge in [-0.25, -0.2) is 13.4 Å². The molecule has 0 radical (unpaired) electrons. The molecule has 1 aliphatic rings. The number of carbonyl (C=O) groups excluding carboxylic acids is 1. The average Bonchev–Trinajstić information content (AvgIpc) is 2.26. The monoisotopic (exact) mass is 283 g/mol. The highest BCUT2D eigenvalue weighted by atomic mass is 32.2. The largest absolute Gasteiger partial charge is 0.325 e. The van der Waals surface area contributed by atoms with Crippen molar-refractivity contribution in [3.8, 4) is 0 Å². The van der Waals surface area contributed by atoms with Gasteiger partial charge in [-0.2, -0.15) is 0 Å². The van der Waals surface area contributed by atoms with Crippen molar-refractivity contribution in [2.45, 2.75) is 36.2 Å². The molecule has 104 valence electrons. The summed E-state index contributed by atoms with van der Waals surface area (Å²) in [5, 5.41) is 2.65. The zero-order chi connectivity index (χ0) is 14.1. The number of nitrogens with zero attached hydrogens (tertiary/aromatic N) is 1. The zero-order valence-electron chi connectivity index (χ0n) is 10.7. The van der Waals surface area contributed by atoms with E-state index in [9.17, 15) is 13.2 Å². The van der Waals surface area contributed by atoms with Crippen LogP contribution in [-0.4, -0.2) is 31.1 Å². The highest BCUT2D eigenvalue weighted by Gasteiger charge is 2.34. The molecule has 0 aromatic carbocycles. The van der Waals surface area contributed by atoms with Gasteiger partial charge in [-0.3, -0.25) is 4.79 Å². The molecule has 0 unspecified atom stereocenters. The van der Waals surface area contributed by atoms with Crippen LogP contribution in [0, 0.1) is 0 Å². The summed E-state index contributed by atoms with van der Waals surface area (Å²) >= 11 is 0. The van der Waals surface area contributed by atoms with Gasteiger partial charge in [-0.05, 0) is 31.4 Å². The van der Waals surface area contributed by atoms with Gasteiger partial charge >= 0.3 is 0 Å². The number of hydrogen-bond donors (Lipinski definition) is 2. The van der Waals surface area contributed by atoms with Gasteiger partial charge in [0.15, 0.2) is 14.9 Å². The fourth-order valence-electron chi connectivity index (χ4n) is 2.01. The first-order chi connectivity index (χ1) is 8.78. The Morgan fingerprint density at radius 1 is 1.47 bits per heavy atom. The number of anilines is 1. The van der Waals surface area contributed by atoms with Gasteiger partial charge in [0, 0.05) is 18.2 Å². The Labute approximate surface area is 112 Å². The predicted molar refractivity (Wildman–Crippen MR) is 71.4 cm³/mol. The molecule has 1 aromatic heterocycles. The zero-order valence-corrected chi connectivity index (χ0v) is 11.5. The van der Waals surface area contributed by atoms with E-state index in [-0.39, 0.29) is 22.9 Å². The molecule has 19 heavy (non-hydrogen) atoms. The predicted octanol–water partition coefficient (Wildman–Crippen LogP) is 0.695. The molecule has 6 nitrogen and oxygen atoms in total. The maximum atomic E-state index is 11.8. The molecule has 1 aliphatic carbocycles. The molecular formula is C12H17N3O3S. The molecular weight excluding hydrogens is 266 g/mol. The second-order valence-corrected chi connectivity index (χ2v) is 7.06. The number of nitrogens with one attached hydrogen (secondary N) is 1. The Hall–Kier alpha value is -1.47. The Balaban J connectivity index is 1.98. The minimum atomic E-state index is -3.32. The molecule has 1 heterocycles. The normalized spacial score (nSPS) is 17.6. The fourth-order valence-corrected chi connectivity index (χ4v) is 2.57. The van der Waals surface area contributed by atoms with E-state index in [1.54, 1.807) is 0 Å². The summed E-state index contributed by atoms with van der Waals surface area (Å²) < 4.78 is 22.5. The van der Waals surface area contributed by atoms with Crippen molar-refractivity contribution >= 4 is 21.4 Å². The Morgan fingerprint density at radius 3 is 2.58 bits per heavy atom. The third-order valence-electron chi connectivity index (χ3n) is 3.26. The van der Waals surface area contributed by atoms with Crippen molar-refractivity contribution in [1.82, 2.24) is 4.98 Å². The van der Waals surface area contributed by atoms with Crippen LogP contribution in [0.25, 0.3) is 0 Å². The SMILES string of the molecule is CS(=O)(=O)c1ccc(NC(=O)CC2(N)CCC2)cn1. The van der Waals surface area contributed by atoms with E-state index < -0.39 is 9.84 Å². The average molecular weight is 283 g/mol. The maximum absolute atomic E-state index is 11.8. The van der Waals surface area contributed by atoms with E-state index in [1.165, 1.54) is 18.3 Å². The fraction of sp³-hybridized carbons (Fsp3) is 0.500. The van der Waals surface area contributed by atoms with Crippen molar-refractivity contribution in [2.24, 2.45) is 5.73 Å². The molecule has 0 spiro atoms. The number of carbonyl (C=O) groups is 1. The van der Waals surface area contributed by atoms with Gasteiger partial charge in [0.05, 0.1) is 11.9 Å². The molecule has 0 saturated heterocycles. The number of nitrogens with two attached hydrogens (primary N) is 1. The highest BCUT2D eigenvalue weighted by Crippen LogP contribution is 2.32. The van der Waals surface area contributed by atoms with E-state index in [4.69, 9.17) is 5.73 Å². The summed E-state index contributed by atoms with van der Waals surface area (Å²) in [4.78, 5) is 15.6. The lowest BCUT2D eigenvalue weighted by molar-refractivity contribution is -0.118. The van der Waals surface area contributed by atoms with Crippen LogP contribution >= 0.6 is 0 Å². The van der Waals surface area contributed by atoms with Gasteiger partial charge in [0.25, 0.3) is 0 Å². The molecule has 0 aliphatic heterocycles. The summed E-state index contributed by atoms with van der Waals surface area (Å²) in [6.07, 6.45) is 5.49. The van der Waals surface area contributed by atoms with Crippen LogP contribution in [-0.2, 0) is 14.6 Å². The summed E-state index contributed by atoms with van der Waals surface area (Å²) in [5.74, 6) is -0.170. The number of amides is 1. The Morgan fingerprint density at radius 2 is 2.16 bits per heavy atom. The van der Waals surface area contributed by atoms with Crippen molar-refractivity contribution in [2.75, 3.05) is 11.6 Å². The number of pyridine rings is 1. The van der Waals surface area contributed by atoms with Crippen molar-refractivity contribution < 1.29 is 13.2 Å². The lowest BCUT2D eigenvalue weighted by Gasteiger charge is -2.37. The quantitative estimate of drug-likeness (QED) is 0.846. The first-order valence-corrected chi connectivity index (χ1v) is 7.93. The molecule has 2 rings (SSSR count). The Bertz CT molecular complexity index is 577. The van der Waals surface area contributed by atoms with E-state index >= 15 is 0 Å². The number of hydrogen-bond acceptors (Lipinski definition) is 5. The minimum absolute atomic E-state index is 0.0141. The molecule has 0 atom stereocenters. The van der Waals surface area contributed by atoms with E-state index in [0.29, 0.717) is 5.69 Å². The topological polar surface area (TPSA) is 102 Å².